The molecule has 2 rings (SSSR count). The maximum Gasteiger partial charge on any atom is 0.188 e. The van der Waals surface area contributed by atoms with Crippen LogP contribution in [0.4, 0.5) is 0 Å². The predicted molar refractivity (Wildman–Crippen MR) is 58.6 cm³/mol. The van der Waals surface area contributed by atoms with E-state index in [1.165, 1.54) is 0 Å². The molecule has 3 nitrogen and oxygen atoms in total. The summed E-state index contributed by atoms with van der Waals surface area (Å²) in [7, 11) is 0. The van der Waals surface area contributed by atoms with Crippen molar-refractivity contribution in [2.45, 2.75) is 19.0 Å². The molecule has 0 aliphatic heterocycles. The third kappa shape index (κ3) is 1.46. The van der Waals surface area contributed by atoms with Crippen molar-refractivity contribution in [3.63, 3.8) is 0 Å². The van der Waals surface area contributed by atoms with Gasteiger partial charge in [-0.3, -0.25) is 4.98 Å². The third-order valence-electron chi connectivity index (χ3n) is 2.14. The van der Waals surface area contributed by atoms with Crippen molar-refractivity contribution in [2.24, 2.45) is 0 Å². The van der Waals surface area contributed by atoms with E-state index in [9.17, 15) is 0 Å². The molecule has 0 aromatic carbocycles. The van der Waals surface area contributed by atoms with Crippen molar-refractivity contribution in [2.75, 3.05) is 6.26 Å². The van der Waals surface area contributed by atoms with E-state index in [0.29, 0.717) is 0 Å². The highest BCUT2D eigenvalue weighted by Crippen LogP contribution is 2.20. The monoisotopic (exact) mass is 205 g/mol. The Morgan fingerprint density at radius 2 is 1.93 bits per heavy atom. The van der Waals surface area contributed by atoms with E-state index in [0.717, 1.165) is 27.3 Å². The van der Waals surface area contributed by atoms with Gasteiger partial charge in [-0.15, -0.1) is 0 Å². The fourth-order valence-corrected chi connectivity index (χ4v) is 1.94. The topological polar surface area (TPSA) is 38.7 Å². The predicted octanol–water partition coefficient (Wildman–Crippen LogP) is 2.36. The van der Waals surface area contributed by atoms with Gasteiger partial charge in [0.05, 0.1) is 17.4 Å². The number of rotatable bonds is 1. The fourth-order valence-electron chi connectivity index (χ4n) is 1.52. The molecule has 0 N–H and O–H groups in total. The first-order chi connectivity index (χ1) is 6.72. The van der Waals surface area contributed by atoms with Gasteiger partial charge < -0.3 is 0 Å². The second-order valence-corrected chi connectivity index (χ2v) is 3.92. The molecular formula is C10H11N3S. The van der Waals surface area contributed by atoms with E-state index >= 15 is 0 Å². The molecule has 0 bridgehead atoms. The Bertz CT molecular complexity index is 482. The van der Waals surface area contributed by atoms with E-state index in [4.69, 9.17) is 0 Å². The Hall–Kier alpha value is -1.16. The molecule has 0 atom stereocenters. The molecule has 14 heavy (non-hydrogen) atoms. The van der Waals surface area contributed by atoms with Crippen LogP contribution in [0.3, 0.4) is 0 Å². The molecule has 0 saturated heterocycles. The van der Waals surface area contributed by atoms with Gasteiger partial charge in [-0.25, -0.2) is 9.97 Å². The number of hydrogen-bond acceptors (Lipinski definition) is 4. The standard InChI is InChI=1S/C10H11N3S/c1-6-4-11-5-8-9(6)7(2)12-10(13-8)14-3/h4-5H,1-3H3. The van der Waals surface area contributed by atoms with Crippen LogP contribution in [-0.4, -0.2) is 21.2 Å². The molecule has 0 radical (unpaired) electrons. The summed E-state index contributed by atoms with van der Waals surface area (Å²) in [5.74, 6) is 0. The highest BCUT2D eigenvalue weighted by Gasteiger charge is 2.05. The van der Waals surface area contributed by atoms with Gasteiger partial charge in [-0.1, -0.05) is 11.8 Å². The molecular weight excluding hydrogens is 194 g/mol. The number of aryl methyl sites for hydroxylation is 2. The highest BCUT2D eigenvalue weighted by molar-refractivity contribution is 7.98. The lowest BCUT2D eigenvalue weighted by Crippen LogP contribution is -1.94. The average Bonchev–Trinajstić information content (AvgIpc) is 2.17. The van der Waals surface area contributed by atoms with Crippen LogP contribution < -0.4 is 0 Å². The van der Waals surface area contributed by atoms with Crippen molar-refractivity contribution < 1.29 is 0 Å². The summed E-state index contributed by atoms with van der Waals surface area (Å²) in [6, 6.07) is 0. The maximum absolute atomic E-state index is 4.40. The van der Waals surface area contributed by atoms with Crippen LogP contribution in [0.1, 0.15) is 11.3 Å². The van der Waals surface area contributed by atoms with E-state index in [2.05, 4.69) is 15.0 Å². The Morgan fingerprint density at radius 3 is 2.64 bits per heavy atom. The second-order valence-electron chi connectivity index (χ2n) is 3.15. The summed E-state index contributed by atoms with van der Waals surface area (Å²) in [5, 5.41) is 1.93. The lowest BCUT2D eigenvalue weighted by atomic mass is 10.1. The van der Waals surface area contributed by atoms with Gasteiger partial charge in [0.25, 0.3) is 0 Å². The normalized spacial score (nSPS) is 10.8. The SMILES string of the molecule is CSc1nc(C)c2c(C)cncc2n1. The van der Waals surface area contributed by atoms with E-state index in [-0.39, 0.29) is 0 Å². The van der Waals surface area contributed by atoms with Gasteiger partial charge in [0.1, 0.15) is 0 Å². The zero-order valence-corrected chi connectivity index (χ0v) is 9.22. The van der Waals surface area contributed by atoms with Crippen molar-refractivity contribution in [3.05, 3.63) is 23.7 Å². The maximum atomic E-state index is 4.40. The summed E-state index contributed by atoms with van der Waals surface area (Å²) < 4.78 is 0. The van der Waals surface area contributed by atoms with E-state index in [1.54, 1.807) is 18.0 Å². The van der Waals surface area contributed by atoms with E-state index < -0.39 is 0 Å². The van der Waals surface area contributed by atoms with Crippen molar-refractivity contribution in [3.8, 4) is 0 Å². The summed E-state index contributed by atoms with van der Waals surface area (Å²) in [4.78, 5) is 12.9. The molecule has 0 spiro atoms. The van der Waals surface area contributed by atoms with Crippen LogP contribution >= 0.6 is 11.8 Å². The van der Waals surface area contributed by atoms with Crippen LogP contribution in [-0.2, 0) is 0 Å². The van der Waals surface area contributed by atoms with Gasteiger partial charge in [0.2, 0.25) is 0 Å². The third-order valence-corrected chi connectivity index (χ3v) is 2.69. The first kappa shape index (κ1) is 9.40. The average molecular weight is 205 g/mol. The Morgan fingerprint density at radius 1 is 1.14 bits per heavy atom. The molecule has 2 aromatic rings. The second kappa shape index (κ2) is 3.53. The minimum atomic E-state index is 0.808. The van der Waals surface area contributed by atoms with Gasteiger partial charge in [-0.05, 0) is 25.7 Å². The zero-order valence-electron chi connectivity index (χ0n) is 8.40. The smallest absolute Gasteiger partial charge is 0.188 e. The molecule has 4 heteroatoms. The number of nitrogens with zero attached hydrogens (tertiary/aromatic N) is 3. The molecule has 0 aliphatic carbocycles. The van der Waals surface area contributed by atoms with Crippen LogP contribution in [0, 0.1) is 13.8 Å². The van der Waals surface area contributed by atoms with Gasteiger partial charge in [-0.2, -0.15) is 0 Å². The quantitative estimate of drug-likeness (QED) is 0.529. The highest BCUT2D eigenvalue weighted by atomic mass is 32.2. The number of thioether (sulfide) groups is 1. The number of aromatic nitrogens is 3. The molecule has 0 aliphatic rings. The number of pyridine rings is 1. The lowest BCUT2D eigenvalue weighted by Gasteiger charge is -2.05. The van der Waals surface area contributed by atoms with Crippen LogP contribution in [0.5, 0.6) is 0 Å². The van der Waals surface area contributed by atoms with Gasteiger partial charge in [0, 0.05) is 11.6 Å². The zero-order chi connectivity index (χ0) is 10.1. The van der Waals surface area contributed by atoms with Gasteiger partial charge >= 0.3 is 0 Å². The van der Waals surface area contributed by atoms with Crippen LogP contribution in [0.2, 0.25) is 0 Å². The van der Waals surface area contributed by atoms with E-state index in [1.807, 2.05) is 26.3 Å². The molecule has 2 heterocycles. The van der Waals surface area contributed by atoms with Crippen molar-refractivity contribution in [1.29, 1.82) is 0 Å². The van der Waals surface area contributed by atoms with Crippen LogP contribution in [0.15, 0.2) is 17.6 Å². The Kier molecular flexibility index (Phi) is 2.37. The molecule has 72 valence electrons. The molecule has 0 saturated carbocycles. The number of hydrogen-bond donors (Lipinski definition) is 0. The first-order valence-electron chi connectivity index (χ1n) is 4.35. The largest absolute Gasteiger partial charge is 0.262 e. The summed E-state index contributed by atoms with van der Waals surface area (Å²) >= 11 is 1.55. The van der Waals surface area contributed by atoms with Crippen LogP contribution in [0.25, 0.3) is 10.9 Å². The summed E-state index contributed by atoms with van der Waals surface area (Å²) in [5.41, 5.74) is 3.09. The van der Waals surface area contributed by atoms with Crippen molar-refractivity contribution in [1.82, 2.24) is 15.0 Å². The first-order valence-corrected chi connectivity index (χ1v) is 5.58. The van der Waals surface area contributed by atoms with Crippen molar-refractivity contribution >= 4 is 22.7 Å². The Balaban J connectivity index is 2.83. The molecule has 2 aromatic heterocycles. The summed E-state index contributed by atoms with van der Waals surface area (Å²) in [6.07, 6.45) is 5.61. The lowest BCUT2D eigenvalue weighted by molar-refractivity contribution is 0.966. The fraction of sp³-hybridized carbons (Fsp3) is 0.300. The Labute approximate surface area is 87.0 Å². The van der Waals surface area contributed by atoms with Gasteiger partial charge in [0.15, 0.2) is 5.16 Å². The molecule has 0 fully saturated rings. The minimum Gasteiger partial charge on any atom is -0.262 e. The summed E-state index contributed by atoms with van der Waals surface area (Å²) in [6.45, 7) is 4.04. The molecule has 0 unspecified atom stereocenters. The molecule has 0 amide bonds. The minimum absolute atomic E-state index is 0.808. The number of fused-ring (bicyclic) bond motifs is 1.